The van der Waals surface area contributed by atoms with E-state index in [1.54, 1.807) is 11.3 Å². The SMILES string of the molecule is CCC1CCN(c2nc(C(C)CC)c(C=O)s2)C1. The maximum Gasteiger partial charge on any atom is 0.186 e. The van der Waals surface area contributed by atoms with E-state index in [1.165, 1.54) is 12.8 Å². The first kappa shape index (κ1) is 13.5. The third-order valence-electron chi connectivity index (χ3n) is 3.99. The fraction of sp³-hybridized carbons (Fsp3) is 0.714. The molecule has 1 aliphatic heterocycles. The zero-order valence-corrected chi connectivity index (χ0v) is 12.3. The molecule has 0 bridgehead atoms. The van der Waals surface area contributed by atoms with Crippen LogP contribution in [-0.2, 0) is 0 Å². The molecule has 0 radical (unpaired) electrons. The summed E-state index contributed by atoms with van der Waals surface area (Å²) in [5.41, 5.74) is 0.993. The molecule has 1 aliphatic rings. The van der Waals surface area contributed by atoms with Gasteiger partial charge in [-0.1, -0.05) is 38.5 Å². The zero-order chi connectivity index (χ0) is 13.1. The molecule has 2 heterocycles. The van der Waals surface area contributed by atoms with Crippen molar-refractivity contribution in [2.75, 3.05) is 18.0 Å². The monoisotopic (exact) mass is 266 g/mol. The lowest BCUT2D eigenvalue weighted by molar-refractivity contribution is 0.112. The fourth-order valence-corrected chi connectivity index (χ4v) is 3.47. The Morgan fingerprint density at radius 2 is 2.33 bits per heavy atom. The van der Waals surface area contributed by atoms with Gasteiger partial charge in [0.05, 0.1) is 10.6 Å². The molecule has 0 spiro atoms. The second-order valence-electron chi connectivity index (χ2n) is 5.18. The Bertz CT molecular complexity index is 416. The van der Waals surface area contributed by atoms with Gasteiger partial charge < -0.3 is 4.90 Å². The van der Waals surface area contributed by atoms with Crippen molar-refractivity contribution in [3.8, 4) is 0 Å². The predicted molar refractivity (Wildman–Crippen MR) is 76.8 cm³/mol. The van der Waals surface area contributed by atoms with Crippen molar-refractivity contribution in [1.29, 1.82) is 0 Å². The largest absolute Gasteiger partial charge is 0.348 e. The molecule has 1 saturated heterocycles. The lowest BCUT2D eigenvalue weighted by atomic mass is 10.0. The van der Waals surface area contributed by atoms with E-state index < -0.39 is 0 Å². The highest BCUT2D eigenvalue weighted by molar-refractivity contribution is 7.17. The third-order valence-corrected chi connectivity index (χ3v) is 5.05. The Morgan fingerprint density at radius 1 is 1.56 bits per heavy atom. The average molecular weight is 266 g/mol. The van der Waals surface area contributed by atoms with Crippen LogP contribution >= 0.6 is 11.3 Å². The summed E-state index contributed by atoms with van der Waals surface area (Å²) < 4.78 is 0. The van der Waals surface area contributed by atoms with E-state index in [0.29, 0.717) is 5.92 Å². The second-order valence-corrected chi connectivity index (χ2v) is 6.19. The lowest BCUT2D eigenvalue weighted by Crippen LogP contribution is -2.19. The molecule has 0 saturated carbocycles. The van der Waals surface area contributed by atoms with Crippen LogP contribution in [0.1, 0.15) is 61.3 Å². The van der Waals surface area contributed by atoms with Gasteiger partial charge in [0, 0.05) is 13.1 Å². The van der Waals surface area contributed by atoms with Crippen molar-refractivity contribution in [1.82, 2.24) is 4.98 Å². The molecule has 1 aromatic rings. The number of nitrogens with zero attached hydrogens (tertiary/aromatic N) is 2. The summed E-state index contributed by atoms with van der Waals surface area (Å²) in [6.07, 6.45) is 4.49. The van der Waals surface area contributed by atoms with Crippen LogP contribution in [0.25, 0.3) is 0 Å². The van der Waals surface area contributed by atoms with Gasteiger partial charge in [-0.3, -0.25) is 4.79 Å². The molecule has 1 aromatic heterocycles. The van der Waals surface area contributed by atoms with Gasteiger partial charge in [0.25, 0.3) is 0 Å². The first-order chi connectivity index (χ1) is 8.69. The van der Waals surface area contributed by atoms with Gasteiger partial charge in [0.15, 0.2) is 11.4 Å². The minimum absolute atomic E-state index is 0.375. The Hall–Kier alpha value is -0.900. The van der Waals surface area contributed by atoms with Crippen LogP contribution < -0.4 is 4.90 Å². The summed E-state index contributed by atoms with van der Waals surface area (Å²) in [5, 5.41) is 1.04. The predicted octanol–water partition coefficient (Wildman–Crippen LogP) is 3.71. The molecule has 0 aromatic carbocycles. The molecule has 0 aliphatic carbocycles. The molecule has 1 fully saturated rings. The van der Waals surface area contributed by atoms with Gasteiger partial charge in [-0.25, -0.2) is 4.98 Å². The first-order valence-corrected chi connectivity index (χ1v) is 7.72. The fourth-order valence-electron chi connectivity index (χ4n) is 2.44. The lowest BCUT2D eigenvalue weighted by Gasteiger charge is -2.14. The van der Waals surface area contributed by atoms with Crippen molar-refractivity contribution in [2.45, 2.75) is 46.0 Å². The van der Waals surface area contributed by atoms with Crippen LogP contribution in [0.3, 0.4) is 0 Å². The summed E-state index contributed by atoms with van der Waals surface area (Å²) in [5.74, 6) is 1.17. The molecular formula is C14H22N2OS. The maximum absolute atomic E-state index is 11.1. The van der Waals surface area contributed by atoms with E-state index in [1.807, 2.05) is 0 Å². The van der Waals surface area contributed by atoms with E-state index in [9.17, 15) is 4.79 Å². The van der Waals surface area contributed by atoms with Gasteiger partial charge in [0.2, 0.25) is 0 Å². The number of carbonyl (C=O) groups is 1. The van der Waals surface area contributed by atoms with Crippen molar-refractivity contribution in [2.24, 2.45) is 5.92 Å². The standard InChI is InChI=1S/C14H22N2OS/c1-4-10(3)13-12(9-17)18-14(15-13)16-7-6-11(5-2)8-16/h9-11H,4-8H2,1-3H3. The van der Waals surface area contributed by atoms with Crippen LogP contribution in [0.2, 0.25) is 0 Å². The van der Waals surface area contributed by atoms with Gasteiger partial charge in [0.1, 0.15) is 0 Å². The summed E-state index contributed by atoms with van der Waals surface area (Å²) in [6, 6.07) is 0. The van der Waals surface area contributed by atoms with Crippen molar-refractivity contribution in [3.05, 3.63) is 10.6 Å². The molecule has 0 N–H and O–H groups in total. The van der Waals surface area contributed by atoms with Crippen LogP contribution in [0.4, 0.5) is 5.13 Å². The molecule has 2 rings (SSSR count). The number of hydrogen-bond acceptors (Lipinski definition) is 4. The minimum Gasteiger partial charge on any atom is -0.348 e. The summed E-state index contributed by atoms with van der Waals surface area (Å²) in [4.78, 5) is 19.0. The highest BCUT2D eigenvalue weighted by Gasteiger charge is 2.25. The molecule has 2 atom stereocenters. The highest BCUT2D eigenvalue weighted by atomic mass is 32.1. The number of aldehydes is 1. The summed E-state index contributed by atoms with van der Waals surface area (Å²) in [7, 11) is 0. The Balaban J connectivity index is 2.19. The Kier molecular flexibility index (Phi) is 4.38. The zero-order valence-electron chi connectivity index (χ0n) is 11.5. The van der Waals surface area contributed by atoms with Crippen LogP contribution in [-0.4, -0.2) is 24.4 Å². The van der Waals surface area contributed by atoms with Crippen molar-refractivity contribution >= 4 is 22.8 Å². The van der Waals surface area contributed by atoms with E-state index in [0.717, 1.165) is 47.4 Å². The Morgan fingerprint density at radius 3 is 2.89 bits per heavy atom. The highest BCUT2D eigenvalue weighted by Crippen LogP contribution is 2.34. The third kappa shape index (κ3) is 2.58. The number of thiazole rings is 1. The van der Waals surface area contributed by atoms with Gasteiger partial charge >= 0.3 is 0 Å². The Labute approximate surface area is 113 Å². The topological polar surface area (TPSA) is 33.2 Å². The average Bonchev–Trinajstić information content (AvgIpc) is 3.03. The number of rotatable bonds is 5. The van der Waals surface area contributed by atoms with Gasteiger partial charge in [-0.15, -0.1) is 0 Å². The maximum atomic E-state index is 11.1. The van der Waals surface area contributed by atoms with Gasteiger partial charge in [-0.05, 0) is 24.7 Å². The number of aromatic nitrogens is 1. The number of hydrogen-bond donors (Lipinski definition) is 0. The quantitative estimate of drug-likeness (QED) is 0.762. The normalized spacial score (nSPS) is 21.3. The van der Waals surface area contributed by atoms with Crippen molar-refractivity contribution < 1.29 is 4.79 Å². The van der Waals surface area contributed by atoms with E-state index >= 15 is 0 Å². The second kappa shape index (κ2) is 5.83. The van der Waals surface area contributed by atoms with E-state index in [-0.39, 0.29) is 0 Å². The molecular weight excluding hydrogens is 244 g/mol. The molecule has 2 unspecified atom stereocenters. The summed E-state index contributed by atoms with van der Waals surface area (Å²) in [6.45, 7) is 8.72. The molecule has 18 heavy (non-hydrogen) atoms. The van der Waals surface area contributed by atoms with Gasteiger partial charge in [-0.2, -0.15) is 0 Å². The molecule has 3 nitrogen and oxygen atoms in total. The summed E-state index contributed by atoms with van der Waals surface area (Å²) >= 11 is 1.56. The van der Waals surface area contributed by atoms with E-state index in [4.69, 9.17) is 4.98 Å². The number of carbonyl (C=O) groups excluding carboxylic acids is 1. The first-order valence-electron chi connectivity index (χ1n) is 6.90. The number of anilines is 1. The van der Waals surface area contributed by atoms with Crippen LogP contribution in [0.15, 0.2) is 0 Å². The smallest absolute Gasteiger partial charge is 0.186 e. The van der Waals surface area contributed by atoms with Crippen LogP contribution in [0, 0.1) is 5.92 Å². The van der Waals surface area contributed by atoms with Crippen LogP contribution in [0.5, 0.6) is 0 Å². The molecule has 100 valence electrons. The van der Waals surface area contributed by atoms with E-state index in [2.05, 4.69) is 25.7 Å². The molecule has 4 heteroatoms. The minimum atomic E-state index is 0.375. The molecule has 0 amide bonds. The van der Waals surface area contributed by atoms with Crippen molar-refractivity contribution in [3.63, 3.8) is 0 Å².